The number of nitrogen functional groups attached to an aromatic ring is 1. The van der Waals surface area contributed by atoms with E-state index in [1.165, 1.54) is 4.88 Å². The molecular weight excluding hydrogens is 268 g/mol. The highest BCUT2D eigenvalue weighted by atomic mass is 32.1. The Morgan fingerprint density at radius 2 is 2.10 bits per heavy atom. The van der Waals surface area contributed by atoms with Crippen LogP contribution in [0.25, 0.3) is 10.2 Å². The number of aryl methyl sites for hydroxylation is 1. The van der Waals surface area contributed by atoms with Gasteiger partial charge in [-0.2, -0.15) is 0 Å². The minimum Gasteiger partial charge on any atom is -0.398 e. The van der Waals surface area contributed by atoms with Gasteiger partial charge in [-0.25, -0.2) is 9.97 Å². The Morgan fingerprint density at radius 3 is 2.90 bits per heavy atom. The number of anilines is 2. The summed E-state index contributed by atoms with van der Waals surface area (Å²) in [5.74, 6) is 0.870. The topological polar surface area (TPSA) is 63.8 Å². The van der Waals surface area contributed by atoms with Crippen LogP contribution in [0.4, 0.5) is 11.5 Å². The van der Waals surface area contributed by atoms with Crippen LogP contribution >= 0.6 is 11.3 Å². The molecule has 0 unspecified atom stereocenters. The molecule has 102 valence electrons. The largest absolute Gasteiger partial charge is 0.398 e. The molecule has 3 aromatic rings. The second-order valence-electron chi connectivity index (χ2n) is 4.56. The van der Waals surface area contributed by atoms with Gasteiger partial charge in [0, 0.05) is 17.1 Å². The summed E-state index contributed by atoms with van der Waals surface area (Å²) in [6, 6.07) is 10.0. The fraction of sp³-hybridized carbons (Fsp3) is 0.200. The van der Waals surface area contributed by atoms with Gasteiger partial charge in [0.1, 0.15) is 17.0 Å². The number of hydrogen-bond acceptors (Lipinski definition) is 5. The molecule has 0 amide bonds. The van der Waals surface area contributed by atoms with Crippen LogP contribution in [0.1, 0.15) is 17.4 Å². The number of nitrogens with two attached hydrogens (primary N) is 1. The molecule has 20 heavy (non-hydrogen) atoms. The van der Waals surface area contributed by atoms with Crippen molar-refractivity contribution in [2.45, 2.75) is 19.9 Å². The minimum atomic E-state index is 0.663. The first-order valence-corrected chi connectivity index (χ1v) is 7.40. The Bertz CT molecular complexity index is 736. The lowest BCUT2D eigenvalue weighted by Crippen LogP contribution is -2.04. The average Bonchev–Trinajstić information content (AvgIpc) is 2.90. The molecule has 1 aromatic carbocycles. The van der Waals surface area contributed by atoms with Crippen LogP contribution in [0.5, 0.6) is 0 Å². The summed E-state index contributed by atoms with van der Waals surface area (Å²) in [7, 11) is 0. The molecule has 0 saturated heterocycles. The molecule has 0 saturated carbocycles. The Hall–Kier alpha value is -2.14. The van der Waals surface area contributed by atoms with E-state index in [0.29, 0.717) is 6.54 Å². The number of hydrogen-bond donors (Lipinski definition) is 2. The van der Waals surface area contributed by atoms with Gasteiger partial charge >= 0.3 is 0 Å². The summed E-state index contributed by atoms with van der Waals surface area (Å²) in [6.07, 6.45) is 2.63. The van der Waals surface area contributed by atoms with Gasteiger partial charge in [0.2, 0.25) is 0 Å². The van der Waals surface area contributed by atoms with Gasteiger partial charge in [-0.15, -0.1) is 11.3 Å². The van der Waals surface area contributed by atoms with E-state index in [9.17, 15) is 0 Å². The summed E-state index contributed by atoms with van der Waals surface area (Å²) in [5.41, 5.74) is 7.82. The number of nitrogens with zero attached hydrogens (tertiary/aromatic N) is 2. The highest BCUT2D eigenvalue weighted by molar-refractivity contribution is 7.18. The molecule has 0 aliphatic carbocycles. The SMILES string of the molecule is CCc1cc2c(NCc3ccccc3N)ncnc2s1. The van der Waals surface area contributed by atoms with Crippen molar-refractivity contribution in [3.05, 3.63) is 47.1 Å². The first-order chi connectivity index (χ1) is 9.78. The number of benzene rings is 1. The highest BCUT2D eigenvalue weighted by Crippen LogP contribution is 2.28. The van der Waals surface area contributed by atoms with E-state index in [4.69, 9.17) is 5.73 Å². The third-order valence-corrected chi connectivity index (χ3v) is 4.42. The zero-order valence-corrected chi connectivity index (χ0v) is 12.1. The zero-order valence-electron chi connectivity index (χ0n) is 11.3. The Morgan fingerprint density at radius 1 is 1.25 bits per heavy atom. The maximum Gasteiger partial charge on any atom is 0.138 e. The summed E-state index contributed by atoms with van der Waals surface area (Å²) in [6.45, 7) is 2.81. The van der Waals surface area contributed by atoms with Crippen molar-refractivity contribution in [1.82, 2.24) is 9.97 Å². The first-order valence-electron chi connectivity index (χ1n) is 6.58. The smallest absolute Gasteiger partial charge is 0.138 e. The van der Waals surface area contributed by atoms with E-state index in [1.54, 1.807) is 17.7 Å². The van der Waals surface area contributed by atoms with Gasteiger partial charge < -0.3 is 11.1 Å². The standard InChI is InChI=1S/C15H16N4S/c1-2-11-7-12-14(18-9-19-15(12)20-11)17-8-10-5-3-4-6-13(10)16/h3-7,9H,2,8,16H2,1H3,(H,17,18,19). The Balaban J connectivity index is 1.87. The number of fused-ring (bicyclic) bond motifs is 1. The molecule has 0 bridgehead atoms. The fourth-order valence-electron chi connectivity index (χ4n) is 2.09. The van der Waals surface area contributed by atoms with Gasteiger partial charge in [-0.05, 0) is 24.1 Å². The van der Waals surface area contributed by atoms with Crippen molar-refractivity contribution >= 4 is 33.1 Å². The molecule has 0 aliphatic rings. The second kappa shape index (κ2) is 5.46. The highest BCUT2D eigenvalue weighted by Gasteiger charge is 2.08. The van der Waals surface area contributed by atoms with Crippen molar-refractivity contribution in [3.8, 4) is 0 Å². The second-order valence-corrected chi connectivity index (χ2v) is 5.67. The van der Waals surface area contributed by atoms with Crippen LogP contribution in [0.2, 0.25) is 0 Å². The quantitative estimate of drug-likeness (QED) is 0.720. The van der Waals surface area contributed by atoms with Crippen molar-refractivity contribution in [2.24, 2.45) is 0 Å². The zero-order chi connectivity index (χ0) is 13.9. The molecule has 0 fully saturated rings. The molecule has 3 N–H and O–H groups in total. The lowest BCUT2D eigenvalue weighted by atomic mass is 10.2. The van der Waals surface area contributed by atoms with Crippen molar-refractivity contribution < 1.29 is 0 Å². The van der Waals surface area contributed by atoms with E-state index >= 15 is 0 Å². The molecule has 0 aliphatic heterocycles. The summed E-state index contributed by atoms with van der Waals surface area (Å²) in [4.78, 5) is 11.0. The molecule has 0 radical (unpaired) electrons. The van der Waals surface area contributed by atoms with Crippen LogP contribution < -0.4 is 11.1 Å². The lowest BCUT2D eigenvalue weighted by molar-refractivity contribution is 1.11. The molecule has 3 rings (SSSR count). The Kier molecular flexibility index (Phi) is 3.52. The number of aromatic nitrogens is 2. The number of nitrogens with one attached hydrogen (secondary N) is 1. The molecule has 5 heteroatoms. The third-order valence-electron chi connectivity index (χ3n) is 3.23. The van der Waals surface area contributed by atoms with E-state index in [2.05, 4.69) is 28.3 Å². The number of rotatable bonds is 4. The normalized spacial score (nSPS) is 10.8. The van der Waals surface area contributed by atoms with Crippen molar-refractivity contribution in [2.75, 3.05) is 11.1 Å². The van der Waals surface area contributed by atoms with E-state index in [-0.39, 0.29) is 0 Å². The van der Waals surface area contributed by atoms with Crippen molar-refractivity contribution in [3.63, 3.8) is 0 Å². The van der Waals surface area contributed by atoms with E-state index in [1.807, 2.05) is 24.3 Å². The number of thiophene rings is 1. The Labute approximate surface area is 121 Å². The maximum atomic E-state index is 5.95. The fourth-order valence-corrected chi connectivity index (χ4v) is 3.03. The lowest BCUT2D eigenvalue weighted by Gasteiger charge is -2.08. The van der Waals surface area contributed by atoms with Crippen LogP contribution in [0, 0.1) is 0 Å². The van der Waals surface area contributed by atoms with Crippen LogP contribution in [0.15, 0.2) is 36.7 Å². The third kappa shape index (κ3) is 2.44. The van der Waals surface area contributed by atoms with Gasteiger partial charge in [-0.3, -0.25) is 0 Å². The van der Waals surface area contributed by atoms with Crippen LogP contribution in [0.3, 0.4) is 0 Å². The molecule has 2 heterocycles. The van der Waals surface area contributed by atoms with E-state index < -0.39 is 0 Å². The summed E-state index contributed by atoms with van der Waals surface area (Å²) >= 11 is 1.72. The summed E-state index contributed by atoms with van der Waals surface area (Å²) < 4.78 is 0. The number of para-hydroxylation sites is 1. The maximum absolute atomic E-state index is 5.95. The molecular formula is C15H16N4S. The van der Waals surface area contributed by atoms with Gasteiger partial charge in [0.15, 0.2) is 0 Å². The molecule has 0 atom stereocenters. The van der Waals surface area contributed by atoms with Gasteiger partial charge in [0.05, 0.1) is 5.39 Å². The predicted molar refractivity (Wildman–Crippen MR) is 85.0 cm³/mol. The molecule has 2 aromatic heterocycles. The van der Waals surface area contributed by atoms with Gasteiger partial charge in [-0.1, -0.05) is 25.1 Å². The van der Waals surface area contributed by atoms with Gasteiger partial charge in [0.25, 0.3) is 0 Å². The van der Waals surface area contributed by atoms with E-state index in [0.717, 1.165) is 33.7 Å². The molecule has 0 spiro atoms. The monoisotopic (exact) mass is 284 g/mol. The molecule has 4 nitrogen and oxygen atoms in total. The summed E-state index contributed by atoms with van der Waals surface area (Å²) in [5, 5.41) is 4.44. The van der Waals surface area contributed by atoms with Crippen molar-refractivity contribution in [1.29, 1.82) is 0 Å². The predicted octanol–water partition coefficient (Wildman–Crippen LogP) is 3.45. The average molecular weight is 284 g/mol. The minimum absolute atomic E-state index is 0.663. The van der Waals surface area contributed by atoms with Crippen LogP contribution in [-0.2, 0) is 13.0 Å². The van der Waals surface area contributed by atoms with Crippen LogP contribution in [-0.4, -0.2) is 9.97 Å². The first kappa shape index (κ1) is 12.9.